The molecule has 0 radical (unpaired) electrons. The van der Waals surface area contributed by atoms with Crippen molar-refractivity contribution < 1.29 is 19.4 Å². The molecule has 3 amide bonds. The summed E-state index contributed by atoms with van der Waals surface area (Å²) in [6, 6.07) is 14.1. The lowest BCUT2D eigenvalue weighted by atomic mass is 9.89. The molecule has 8 nitrogen and oxygen atoms in total. The summed E-state index contributed by atoms with van der Waals surface area (Å²) in [6.07, 6.45) is 6.56. The molecule has 0 aromatic heterocycles. The van der Waals surface area contributed by atoms with Gasteiger partial charge in [-0.2, -0.15) is 0 Å². The van der Waals surface area contributed by atoms with Crippen molar-refractivity contribution >= 4 is 23.3 Å². The van der Waals surface area contributed by atoms with E-state index < -0.39 is 0 Å². The highest BCUT2D eigenvalue weighted by Crippen LogP contribution is 2.30. The van der Waals surface area contributed by atoms with Crippen LogP contribution in [0, 0.1) is 11.8 Å². The zero-order valence-corrected chi connectivity index (χ0v) is 23.6. The first kappa shape index (κ1) is 28.9. The number of nitrogens with one attached hydrogen (secondary N) is 2. The van der Waals surface area contributed by atoms with Gasteiger partial charge < -0.3 is 30.3 Å². The molecule has 8 heteroatoms. The van der Waals surface area contributed by atoms with Crippen LogP contribution in [0.4, 0.5) is 16.2 Å². The van der Waals surface area contributed by atoms with E-state index in [1.807, 2.05) is 55.5 Å². The molecular weight excluding hydrogens is 492 g/mol. The second kappa shape index (κ2) is 13.8. The first-order valence-electron chi connectivity index (χ1n) is 14.3. The molecule has 1 aliphatic carbocycles. The molecule has 0 unspecified atom stereocenters. The van der Waals surface area contributed by atoms with Crippen LogP contribution in [-0.4, -0.2) is 72.3 Å². The number of benzene rings is 2. The molecule has 2 aromatic rings. The topological polar surface area (TPSA) is 94.1 Å². The van der Waals surface area contributed by atoms with Crippen LogP contribution in [0.1, 0.15) is 51.5 Å². The van der Waals surface area contributed by atoms with E-state index in [4.69, 9.17) is 4.74 Å². The molecule has 1 fully saturated rings. The number of anilines is 2. The average Bonchev–Trinajstić information content (AvgIpc) is 2.97. The molecule has 1 aliphatic heterocycles. The van der Waals surface area contributed by atoms with Gasteiger partial charge in [0, 0.05) is 42.5 Å². The van der Waals surface area contributed by atoms with E-state index in [1.54, 1.807) is 4.90 Å². The standard InChI is InChI=1S/C31H44N4O4/c1-22-18-35(23(2)21-36)30(37)17-25-16-27(33-31(38)32-26-12-8-5-9-13-26)14-15-28(25)39-29(22)20-34(3)19-24-10-6-4-7-11-24/h5,8-9,12-16,22-24,29,36H,4,6-7,10-11,17-21H2,1-3H3,(H2,32,33,38)/t22-,23-,29-/m0/s1. The first-order valence-corrected chi connectivity index (χ1v) is 14.3. The van der Waals surface area contributed by atoms with Crippen molar-refractivity contribution in [2.45, 2.75) is 64.5 Å². The Bertz CT molecular complexity index is 1090. The Labute approximate surface area is 232 Å². The van der Waals surface area contributed by atoms with Crippen molar-refractivity contribution in [2.24, 2.45) is 11.8 Å². The second-order valence-corrected chi connectivity index (χ2v) is 11.4. The highest BCUT2D eigenvalue weighted by Gasteiger charge is 2.31. The fourth-order valence-corrected chi connectivity index (χ4v) is 5.73. The molecular formula is C31H44N4O4. The largest absolute Gasteiger partial charge is 0.488 e. The van der Waals surface area contributed by atoms with E-state index >= 15 is 0 Å². The third kappa shape index (κ3) is 8.19. The van der Waals surface area contributed by atoms with Gasteiger partial charge in [0.05, 0.1) is 19.1 Å². The number of likely N-dealkylation sites (N-methyl/N-ethyl adjacent to an activating group) is 1. The SMILES string of the molecule is C[C@H]1CN([C@@H](C)CO)C(=O)Cc2cc(NC(=O)Nc3ccccc3)ccc2O[C@H]1CN(C)CC1CCCCC1. The third-order valence-corrected chi connectivity index (χ3v) is 7.99. The highest BCUT2D eigenvalue weighted by atomic mass is 16.5. The summed E-state index contributed by atoms with van der Waals surface area (Å²) >= 11 is 0. The number of aliphatic hydroxyl groups excluding tert-OH is 1. The monoisotopic (exact) mass is 536 g/mol. The van der Waals surface area contributed by atoms with Gasteiger partial charge in [-0.05, 0) is 63.1 Å². The number of urea groups is 1. The van der Waals surface area contributed by atoms with Gasteiger partial charge in [-0.25, -0.2) is 4.79 Å². The molecule has 0 spiro atoms. The van der Waals surface area contributed by atoms with Crippen molar-refractivity contribution in [3.63, 3.8) is 0 Å². The van der Waals surface area contributed by atoms with Gasteiger partial charge in [0.25, 0.3) is 0 Å². The van der Waals surface area contributed by atoms with Gasteiger partial charge >= 0.3 is 6.03 Å². The van der Waals surface area contributed by atoms with E-state index in [-0.39, 0.29) is 43.0 Å². The van der Waals surface area contributed by atoms with Gasteiger partial charge in [-0.3, -0.25) is 4.79 Å². The average molecular weight is 537 g/mol. The number of ether oxygens (including phenoxy) is 1. The smallest absolute Gasteiger partial charge is 0.323 e. The lowest BCUT2D eigenvalue weighted by Gasteiger charge is -2.35. The maximum Gasteiger partial charge on any atom is 0.323 e. The Morgan fingerprint density at radius 1 is 1.08 bits per heavy atom. The quantitative estimate of drug-likeness (QED) is 0.442. The number of hydrogen-bond acceptors (Lipinski definition) is 5. The van der Waals surface area contributed by atoms with E-state index in [0.717, 1.165) is 24.6 Å². The van der Waals surface area contributed by atoms with Crippen LogP contribution in [0.25, 0.3) is 0 Å². The van der Waals surface area contributed by atoms with Crippen molar-refractivity contribution in [1.29, 1.82) is 0 Å². The summed E-state index contributed by atoms with van der Waals surface area (Å²) in [4.78, 5) is 30.2. The van der Waals surface area contributed by atoms with Crippen molar-refractivity contribution in [3.05, 3.63) is 54.1 Å². The second-order valence-electron chi connectivity index (χ2n) is 11.4. The van der Waals surface area contributed by atoms with Gasteiger partial charge in [-0.15, -0.1) is 0 Å². The minimum absolute atomic E-state index is 0.0599. The number of para-hydroxylation sites is 1. The summed E-state index contributed by atoms with van der Waals surface area (Å²) in [6.45, 7) is 6.22. The van der Waals surface area contributed by atoms with Crippen LogP contribution >= 0.6 is 0 Å². The molecule has 39 heavy (non-hydrogen) atoms. The fraction of sp³-hybridized carbons (Fsp3) is 0.548. The highest BCUT2D eigenvalue weighted by molar-refractivity contribution is 5.99. The molecule has 3 atom stereocenters. The molecule has 0 saturated heterocycles. The number of carbonyl (C=O) groups is 2. The van der Waals surface area contributed by atoms with Crippen LogP contribution in [0.15, 0.2) is 48.5 Å². The Kier molecular flexibility index (Phi) is 10.2. The number of fused-ring (bicyclic) bond motifs is 1. The maximum absolute atomic E-state index is 13.4. The molecule has 3 N–H and O–H groups in total. The lowest BCUT2D eigenvalue weighted by Crippen LogP contribution is -2.48. The number of rotatable bonds is 8. The van der Waals surface area contributed by atoms with Crippen LogP contribution in [0.3, 0.4) is 0 Å². The predicted octanol–water partition coefficient (Wildman–Crippen LogP) is 4.99. The number of hydrogen-bond donors (Lipinski definition) is 3. The molecule has 4 rings (SSSR count). The van der Waals surface area contributed by atoms with Crippen LogP contribution in [0.2, 0.25) is 0 Å². The number of aliphatic hydroxyl groups is 1. The summed E-state index contributed by atoms with van der Waals surface area (Å²) in [5.41, 5.74) is 2.00. The van der Waals surface area contributed by atoms with Crippen LogP contribution in [-0.2, 0) is 11.2 Å². The summed E-state index contributed by atoms with van der Waals surface area (Å²) in [7, 11) is 2.16. The first-order chi connectivity index (χ1) is 18.8. The zero-order valence-electron chi connectivity index (χ0n) is 23.6. The molecule has 0 bridgehead atoms. The van der Waals surface area contributed by atoms with E-state index in [9.17, 15) is 14.7 Å². The van der Waals surface area contributed by atoms with Gasteiger partial charge in [0.1, 0.15) is 11.9 Å². The molecule has 1 heterocycles. The Hall–Kier alpha value is -3.10. The van der Waals surface area contributed by atoms with Crippen molar-refractivity contribution in [3.8, 4) is 5.75 Å². The normalized spacial score (nSPS) is 21.3. The molecule has 2 aliphatic rings. The minimum Gasteiger partial charge on any atom is -0.488 e. The Morgan fingerprint density at radius 3 is 2.51 bits per heavy atom. The predicted molar refractivity (Wildman–Crippen MR) is 155 cm³/mol. The van der Waals surface area contributed by atoms with E-state index in [1.165, 1.54) is 32.1 Å². The van der Waals surface area contributed by atoms with Gasteiger partial charge in [-0.1, -0.05) is 44.4 Å². The fourth-order valence-electron chi connectivity index (χ4n) is 5.73. The van der Waals surface area contributed by atoms with Gasteiger partial charge in [0.15, 0.2) is 0 Å². The van der Waals surface area contributed by atoms with Crippen LogP contribution < -0.4 is 15.4 Å². The Morgan fingerprint density at radius 2 is 1.79 bits per heavy atom. The Balaban J connectivity index is 1.53. The van der Waals surface area contributed by atoms with Crippen molar-refractivity contribution in [1.82, 2.24) is 9.80 Å². The van der Waals surface area contributed by atoms with Crippen molar-refractivity contribution in [2.75, 3.05) is 43.9 Å². The lowest BCUT2D eigenvalue weighted by molar-refractivity contribution is -0.134. The van der Waals surface area contributed by atoms with Crippen LogP contribution in [0.5, 0.6) is 5.75 Å². The zero-order chi connectivity index (χ0) is 27.8. The number of carbonyl (C=O) groups excluding carboxylic acids is 2. The molecule has 212 valence electrons. The summed E-state index contributed by atoms with van der Waals surface area (Å²) < 4.78 is 6.64. The molecule has 1 saturated carbocycles. The van der Waals surface area contributed by atoms with Gasteiger partial charge in [0.2, 0.25) is 5.91 Å². The molecule has 2 aromatic carbocycles. The minimum atomic E-state index is -0.358. The summed E-state index contributed by atoms with van der Waals surface area (Å²) in [5.74, 6) is 1.40. The maximum atomic E-state index is 13.4. The number of nitrogens with zero attached hydrogens (tertiary/aromatic N) is 2. The summed E-state index contributed by atoms with van der Waals surface area (Å²) in [5, 5.41) is 15.6. The van der Waals surface area contributed by atoms with E-state index in [2.05, 4.69) is 29.5 Å². The number of amides is 3. The third-order valence-electron chi connectivity index (χ3n) is 7.99. The van der Waals surface area contributed by atoms with E-state index in [0.29, 0.717) is 23.7 Å².